The Morgan fingerprint density at radius 3 is 2.57 bits per heavy atom. The highest BCUT2D eigenvalue weighted by molar-refractivity contribution is 5.78. The van der Waals surface area contributed by atoms with Crippen molar-refractivity contribution in [2.45, 2.75) is 52.0 Å². The molecule has 0 heterocycles. The summed E-state index contributed by atoms with van der Waals surface area (Å²) in [6.45, 7) is 4.53. The molecule has 3 nitrogen and oxygen atoms in total. The number of carbonyl (C=O) groups excluding carboxylic acids is 1. The first-order valence-corrected chi connectivity index (χ1v) is 5.20. The molecule has 0 aromatic heterocycles. The molecule has 1 saturated carbocycles. The van der Waals surface area contributed by atoms with E-state index in [9.17, 15) is 4.79 Å². The Hall–Kier alpha value is -1.04. The summed E-state index contributed by atoms with van der Waals surface area (Å²) in [6, 6.07) is 2.16. The Bertz CT molecular complexity index is 243. The van der Waals surface area contributed by atoms with Crippen molar-refractivity contribution in [2.24, 2.45) is 5.41 Å². The SMILES string of the molecule is CC1(C)CCC(NC(=O)CC#N)CC1. The maximum absolute atomic E-state index is 11.1. The van der Waals surface area contributed by atoms with Crippen LogP contribution in [0.15, 0.2) is 0 Å². The molecule has 0 unspecified atom stereocenters. The minimum Gasteiger partial charge on any atom is -0.352 e. The largest absolute Gasteiger partial charge is 0.352 e. The normalized spacial score (nSPS) is 21.2. The number of nitriles is 1. The van der Waals surface area contributed by atoms with Gasteiger partial charge in [0.25, 0.3) is 0 Å². The Morgan fingerprint density at radius 1 is 1.50 bits per heavy atom. The number of nitrogens with zero attached hydrogens (tertiary/aromatic N) is 1. The van der Waals surface area contributed by atoms with Crippen LogP contribution in [0.3, 0.4) is 0 Å². The standard InChI is InChI=1S/C11H18N2O/c1-11(2)6-3-9(4-7-11)13-10(14)5-8-12/h9H,3-7H2,1-2H3,(H,13,14). The van der Waals surface area contributed by atoms with Gasteiger partial charge in [-0.15, -0.1) is 0 Å². The maximum Gasteiger partial charge on any atom is 0.234 e. The first kappa shape index (κ1) is 11.0. The third-order valence-electron chi connectivity index (χ3n) is 2.94. The second kappa shape index (κ2) is 4.45. The van der Waals surface area contributed by atoms with Gasteiger partial charge in [0, 0.05) is 6.04 Å². The minimum absolute atomic E-state index is 0.0140. The molecule has 3 heteroatoms. The summed E-state index contributed by atoms with van der Waals surface area (Å²) < 4.78 is 0. The van der Waals surface area contributed by atoms with Crippen molar-refractivity contribution >= 4 is 5.91 Å². The van der Waals surface area contributed by atoms with Gasteiger partial charge in [-0.3, -0.25) is 4.79 Å². The highest BCUT2D eigenvalue weighted by Crippen LogP contribution is 2.34. The molecule has 0 aromatic carbocycles. The molecule has 1 rings (SSSR count). The van der Waals surface area contributed by atoms with Crippen molar-refractivity contribution in [2.75, 3.05) is 0 Å². The van der Waals surface area contributed by atoms with Crippen molar-refractivity contribution in [1.29, 1.82) is 5.26 Å². The van der Waals surface area contributed by atoms with Gasteiger partial charge < -0.3 is 5.32 Å². The summed E-state index contributed by atoms with van der Waals surface area (Å²) in [6.07, 6.45) is 4.39. The fourth-order valence-corrected chi connectivity index (χ4v) is 1.89. The van der Waals surface area contributed by atoms with E-state index in [4.69, 9.17) is 5.26 Å². The van der Waals surface area contributed by atoms with Crippen LogP contribution in [0.5, 0.6) is 0 Å². The Labute approximate surface area is 85.5 Å². The zero-order valence-corrected chi connectivity index (χ0v) is 8.97. The van der Waals surface area contributed by atoms with E-state index in [1.54, 1.807) is 0 Å². The summed E-state index contributed by atoms with van der Waals surface area (Å²) >= 11 is 0. The molecule has 0 atom stereocenters. The Morgan fingerprint density at radius 2 is 2.07 bits per heavy atom. The second-order valence-corrected chi connectivity index (χ2v) is 4.84. The van der Waals surface area contributed by atoms with Gasteiger partial charge in [0.15, 0.2) is 0 Å². The Kier molecular flexibility index (Phi) is 3.51. The van der Waals surface area contributed by atoms with Crippen molar-refractivity contribution in [1.82, 2.24) is 5.32 Å². The topological polar surface area (TPSA) is 52.9 Å². The summed E-state index contributed by atoms with van der Waals surface area (Å²) in [4.78, 5) is 11.1. The Balaban J connectivity index is 2.30. The molecule has 1 N–H and O–H groups in total. The molecule has 14 heavy (non-hydrogen) atoms. The lowest BCUT2D eigenvalue weighted by Crippen LogP contribution is -2.39. The van der Waals surface area contributed by atoms with E-state index >= 15 is 0 Å². The highest BCUT2D eigenvalue weighted by Gasteiger charge is 2.27. The van der Waals surface area contributed by atoms with E-state index in [0.717, 1.165) is 25.7 Å². The highest BCUT2D eigenvalue weighted by atomic mass is 16.1. The molecular weight excluding hydrogens is 176 g/mol. The molecule has 0 bridgehead atoms. The molecule has 1 amide bonds. The van der Waals surface area contributed by atoms with E-state index in [1.807, 2.05) is 6.07 Å². The maximum atomic E-state index is 11.1. The van der Waals surface area contributed by atoms with E-state index in [0.29, 0.717) is 11.5 Å². The zero-order valence-electron chi connectivity index (χ0n) is 8.97. The number of hydrogen-bond acceptors (Lipinski definition) is 2. The summed E-state index contributed by atoms with van der Waals surface area (Å²) in [5, 5.41) is 11.2. The second-order valence-electron chi connectivity index (χ2n) is 4.84. The molecule has 0 aliphatic heterocycles. The van der Waals surface area contributed by atoms with Gasteiger partial charge in [-0.2, -0.15) is 5.26 Å². The number of hydrogen-bond donors (Lipinski definition) is 1. The smallest absolute Gasteiger partial charge is 0.234 e. The van der Waals surface area contributed by atoms with Gasteiger partial charge in [0.2, 0.25) is 5.91 Å². The van der Waals surface area contributed by atoms with Gasteiger partial charge in [-0.05, 0) is 31.1 Å². The lowest BCUT2D eigenvalue weighted by atomic mass is 9.75. The molecule has 0 saturated heterocycles. The van der Waals surface area contributed by atoms with E-state index in [1.165, 1.54) is 0 Å². The molecule has 1 aliphatic carbocycles. The van der Waals surface area contributed by atoms with Gasteiger partial charge in [-0.25, -0.2) is 0 Å². The van der Waals surface area contributed by atoms with Crippen LogP contribution in [0, 0.1) is 16.7 Å². The van der Waals surface area contributed by atoms with Crippen molar-refractivity contribution in [3.05, 3.63) is 0 Å². The third kappa shape index (κ3) is 3.37. The number of nitrogens with one attached hydrogen (secondary N) is 1. The average Bonchev–Trinajstić information content (AvgIpc) is 2.09. The molecular formula is C11H18N2O. The van der Waals surface area contributed by atoms with Crippen molar-refractivity contribution in [3.8, 4) is 6.07 Å². The van der Waals surface area contributed by atoms with Crippen LogP contribution in [0.2, 0.25) is 0 Å². The fourth-order valence-electron chi connectivity index (χ4n) is 1.89. The van der Waals surface area contributed by atoms with Crippen LogP contribution in [0.4, 0.5) is 0 Å². The fraction of sp³-hybridized carbons (Fsp3) is 0.818. The first-order valence-electron chi connectivity index (χ1n) is 5.20. The van der Waals surface area contributed by atoms with E-state index < -0.39 is 0 Å². The summed E-state index contributed by atoms with van der Waals surface area (Å²) in [7, 11) is 0. The number of amides is 1. The van der Waals surface area contributed by atoms with Crippen LogP contribution in [0.1, 0.15) is 46.0 Å². The van der Waals surface area contributed by atoms with Crippen LogP contribution >= 0.6 is 0 Å². The molecule has 1 aliphatic rings. The van der Waals surface area contributed by atoms with Crippen molar-refractivity contribution < 1.29 is 4.79 Å². The van der Waals surface area contributed by atoms with Crippen LogP contribution < -0.4 is 5.32 Å². The zero-order chi connectivity index (χ0) is 10.6. The van der Waals surface area contributed by atoms with Crippen LogP contribution in [-0.4, -0.2) is 11.9 Å². The lowest BCUT2D eigenvalue weighted by molar-refractivity contribution is -0.121. The molecule has 0 aromatic rings. The molecule has 78 valence electrons. The van der Waals surface area contributed by atoms with Crippen molar-refractivity contribution in [3.63, 3.8) is 0 Å². The third-order valence-corrected chi connectivity index (χ3v) is 2.94. The molecule has 1 fully saturated rings. The average molecular weight is 194 g/mol. The predicted octanol–water partition coefficient (Wildman–Crippen LogP) is 1.99. The van der Waals surface area contributed by atoms with E-state index in [2.05, 4.69) is 19.2 Å². The van der Waals surface area contributed by atoms with Gasteiger partial charge in [-0.1, -0.05) is 13.8 Å². The first-order chi connectivity index (χ1) is 6.53. The van der Waals surface area contributed by atoms with Gasteiger partial charge >= 0.3 is 0 Å². The molecule has 0 radical (unpaired) electrons. The monoisotopic (exact) mass is 194 g/mol. The lowest BCUT2D eigenvalue weighted by Gasteiger charge is -2.34. The van der Waals surface area contributed by atoms with E-state index in [-0.39, 0.29) is 12.3 Å². The summed E-state index contributed by atoms with van der Waals surface area (Å²) in [5.74, 6) is -0.128. The molecule has 0 spiro atoms. The van der Waals surface area contributed by atoms with Crippen LogP contribution in [0.25, 0.3) is 0 Å². The summed E-state index contributed by atoms with van der Waals surface area (Å²) in [5.41, 5.74) is 0.427. The number of rotatable bonds is 2. The van der Waals surface area contributed by atoms with Gasteiger partial charge in [0.05, 0.1) is 6.07 Å². The van der Waals surface area contributed by atoms with Gasteiger partial charge in [0.1, 0.15) is 6.42 Å². The number of carbonyl (C=O) groups is 1. The van der Waals surface area contributed by atoms with Crippen LogP contribution in [-0.2, 0) is 4.79 Å². The predicted molar refractivity (Wildman–Crippen MR) is 54.4 cm³/mol. The minimum atomic E-state index is -0.128. The quantitative estimate of drug-likeness (QED) is 0.730.